The van der Waals surface area contributed by atoms with E-state index in [9.17, 15) is 4.79 Å². The van der Waals surface area contributed by atoms with Crippen molar-refractivity contribution in [2.75, 3.05) is 11.9 Å². The third-order valence-electron chi connectivity index (χ3n) is 2.84. The Hall–Kier alpha value is -0.970. The van der Waals surface area contributed by atoms with E-state index in [-0.39, 0.29) is 11.3 Å². The van der Waals surface area contributed by atoms with Gasteiger partial charge < -0.3 is 5.32 Å². The van der Waals surface area contributed by atoms with Crippen molar-refractivity contribution in [3.05, 3.63) is 23.0 Å². The van der Waals surface area contributed by atoms with Crippen LogP contribution in [0.2, 0.25) is 0 Å². The highest BCUT2D eigenvalue weighted by molar-refractivity contribution is 9.09. The molecule has 1 amide bonds. The van der Waals surface area contributed by atoms with Crippen LogP contribution in [0.25, 0.3) is 0 Å². The van der Waals surface area contributed by atoms with Crippen molar-refractivity contribution < 1.29 is 4.79 Å². The molecule has 0 radical (unpaired) electrons. The first-order valence-electron chi connectivity index (χ1n) is 6.01. The summed E-state index contributed by atoms with van der Waals surface area (Å²) in [6.45, 7) is 8.55. The minimum absolute atomic E-state index is 0.0758. The highest BCUT2D eigenvalue weighted by Crippen LogP contribution is 2.20. The van der Waals surface area contributed by atoms with Crippen LogP contribution in [0.15, 0.2) is 6.07 Å². The molecular weight excluding hydrogens is 294 g/mol. The maximum absolute atomic E-state index is 12.1. The molecular formula is C13H20BrN3O. The second-order valence-electron chi connectivity index (χ2n) is 5.27. The lowest BCUT2D eigenvalue weighted by Gasteiger charge is -2.24. The van der Waals surface area contributed by atoms with Crippen LogP contribution in [-0.2, 0) is 0 Å². The summed E-state index contributed by atoms with van der Waals surface area (Å²) >= 11 is 3.43. The van der Waals surface area contributed by atoms with Gasteiger partial charge in [-0.3, -0.25) is 4.79 Å². The number of rotatable bonds is 5. The van der Waals surface area contributed by atoms with Crippen molar-refractivity contribution >= 4 is 21.8 Å². The monoisotopic (exact) mass is 313 g/mol. The van der Waals surface area contributed by atoms with E-state index >= 15 is 0 Å². The lowest BCUT2D eigenvalue weighted by atomic mass is 9.90. The molecule has 0 aliphatic carbocycles. The van der Waals surface area contributed by atoms with Gasteiger partial charge in [-0.05, 0) is 31.7 Å². The number of alkyl halides is 1. The van der Waals surface area contributed by atoms with Gasteiger partial charge in [0.25, 0.3) is 5.91 Å². The van der Waals surface area contributed by atoms with Gasteiger partial charge >= 0.3 is 0 Å². The van der Waals surface area contributed by atoms with Crippen LogP contribution in [0.3, 0.4) is 0 Å². The van der Waals surface area contributed by atoms with Crippen molar-refractivity contribution in [1.29, 1.82) is 0 Å². The van der Waals surface area contributed by atoms with Gasteiger partial charge in [-0.25, -0.2) is 0 Å². The zero-order valence-corrected chi connectivity index (χ0v) is 13.0. The molecule has 18 heavy (non-hydrogen) atoms. The summed E-state index contributed by atoms with van der Waals surface area (Å²) in [7, 11) is 0. The summed E-state index contributed by atoms with van der Waals surface area (Å²) in [5, 5.41) is 11.8. The molecule has 0 saturated heterocycles. The summed E-state index contributed by atoms with van der Waals surface area (Å²) in [5.74, 6) is -0.0758. The predicted octanol–water partition coefficient (Wildman–Crippen LogP) is 2.63. The first-order chi connectivity index (χ1) is 8.35. The number of carbonyl (C=O) groups is 1. The molecule has 1 N–H and O–H groups in total. The van der Waals surface area contributed by atoms with Crippen molar-refractivity contribution in [1.82, 2.24) is 15.5 Å². The fourth-order valence-corrected chi connectivity index (χ4v) is 2.61. The molecule has 0 fully saturated rings. The van der Waals surface area contributed by atoms with E-state index in [1.54, 1.807) is 13.0 Å². The summed E-state index contributed by atoms with van der Waals surface area (Å²) in [6, 6.07) is 1.77. The Morgan fingerprint density at radius 3 is 2.67 bits per heavy atom. The molecule has 0 aliphatic rings. The first-order valence-corrected chi connectivity index (χ1v) is 7.13. The molecule has 0 aromatic carbocycles. The molecule has 1 aromatic heterocycles. The van der Waals surface area contributed by atoms with E-state index < -0.39 is 0 Å². The molecule has 1 heterocycles. The van der Waals surface area contributed by atoms with Crippen LogP contribution in [-0.4, -0.2) is 28.0 Å². The Labute approximate surface area is 117 Å². The topological polar surface area (TPSA) is 54.9 Å². The highest BCUT2D eigenvalue weighted by atomic mass is 79.9. The van der Waals surface area contributed by atoms with Gasteiger partial charge in [0.15, 0.2) is 0 Å². The highest BCUT2D eigenvalue weighted by Gasteiger charge is 2.19. The van der Waals surface area contributed by atoms with E-state index in [0.717, 1.165) is 17.4 Å². The number of amides is 1. The second-order valence-corrected chi connectivity index (χ2v) is 6.06. The standard InChI is InChI=1S/C13H20BrN3O/c1-9-7-11(10(2)17-16-9)12(18)15-8-13(3,4)5-6-14/h7H,5-6,8H2,1-4H3,(H,15,18). The SMILES string of the molecule is Cc1cc(C(=O)NCC(C)(C)CCBr)c(C)nn1. The number of hydrogen-bond acceptors (Lipinski definition) is 3. The number of aromatic nitrogens is 2. The number of nitrogens with zero attached hydrogens (tertiary/aromatic N) is 2. The predicted molar refractivity (Wildman–Crippen MR) is 76.0 cm³/mol. The lowest BCUT2D eigenvalue weighted by molar-refractivity contribution is 0.0934. The van der Waals surface area contributed by atoms with Crippen molar-refractivity contribution in [3.8, 4) is 0 Å². The maximum atomic E-state index is 12.1. The van der Waals surface area contributed by atoms with Crippen LogP contribution >= 0.6 is 15.9 Å². The largest absolute Gasteiger partial charge is 0.351 e. The maximum Gasteiger partial charge on any atom is 0.253 e. The summed E-state index contributed by atoms with van der Waals surface area (Å²) in [4.78, 5) is 12.1. The summed E-state index contributed by atoms with van der Waals surface area (Å²) in [5.41, 5.74) is 2.11. The molecule has 1 rings (SSSR count). The fourth-order valence-electron chi connectivity index (χ4n) is 1.54. The summed E-state index contributed by atoms with van der Waals surface area (Å²) in [6.07, 6.45) is 1.01. The van der Waals surface area contributed by atoms with E-state index in [2.05, 4.69) is 45.3 Å². The fraction of sp³-hybridized carbons (Fsp3) is 0.615. The third kappa shape index (κ3) is 4.37. The Kier molecular flexibility index (Phi) is 5.26. The van der Waals surface area contributed by atoms with Crippen LogP contribution in [0.4, 0.5) is 0 Å². The van der Waals surface area contributed by atoms with Crippen molar-refractivity contribution in [2.45, 2.75) is 34.1 Å². The number of aryl methyl sites for hydroxylation is 2. The minimum atomic E-state index is -0.0758. The van der Waals surface area contributed by atoms with Gasteiger partial charge in [-0.2, -0.15) is 10.2 Å². The normalized spacial score (nSPS) is 11.4. The lowest BCUT2D eigenvalue weighted by Crippen LogP contribution is -2.34. The molecule has 0 saturated carbocycles. The Morgan fingerprint density at radius 2 is 2.06 bits per heavy atom. The van der Waals surface area contributed by atoms with Crippen LogP contribution in [0.1, 0.15) is 42.0 Å². The quantitative estimate of drug-likeness (QED) is 0.850. The van der Waals surface area contributed by atoms with E-state index in [1.165, 1.54) is 0 Å². The van der Waals surface area contributed by atoms with E-state index in [0.29, 0.717) is 17.8 Å². The van der Waals surface area contributed by atoms with Crippen LogP contribution in [0.5, 0.6) is 0 Å². The number of carbonyl (C=O) groups excluding carboxylic acids is 1. The van der Waals surface area contributed by atoms with Gasteiger partial charge in [-0.15, -0.1) is 0 Å². The zero-order chi connectivity index (χ0) is 13.8. The average molecular weight is 314 g/mol. The number of nitrogens with one attached hydrogen (secondary N) is 1. The van der Waals surface area contributed by atoms with E-state index in [1.807, 2.05) is 6.92 Å². The molecule has 4 nitrogen and oxygen atoms in total. The average Bonchev–Trinajstić information content (AvgIpc) is 2.29. The smallest absolute Gasteiger partial charge is 0.253 e. The van der Waals surface area contributed by atoms with Gasteiger partial charge in [0.05, 0.1) is 17.0 Å². The Bertz CT molecular complexity index is 432. The second kappa shape index (κ2) is 6.27. The van der Waals surface area contributed by atoms with Gasteiger partial charge in [0.1, 0.15) is 0 Å². The van der Waals surface area contributed by atoms with Gasteiger partial charge in [-0.1, -0.05) is 29.8 Å². The van der Waals surface area contributed by atoms with Gasteiger partial charge in [0.2, 0.25) is 0 Å². The molecule has 5 heteroatoms. The number of halogens is 1. The van der Waals surface area contributed by atoms with Crippen LogP contribution in [0, 0.1) is 19.3 Å². The van der Waals surface area contributed by atoms with Crippen molar-refractivity contribution in [2.24, 2.45) is 5.41 Å². The van der Waals surface area contributed by atoms with Crippen molar-refractivity contribution in [3.63, 3.8) is 0 Å². The van der Waals surface area contributed by atoms with E-state index in [4.69, 9.17) is 0 Å². The molecule has 0 unspecified atom stereocenters. The minimum Gasteiger partial charge on any atom is -0.351 e. The number of hydrogen-bond donors (Lipinski definition) is 1. The van der Waals surface area contributed by atoms with Gasteiger partial charge in [0, 0.05) is 11.9 Å². The van der Waals surface area contributed by atoms with Crippen LogP contribution < -0.4 is 5.32 Å². The Morgan fingerprint density at radius 1 is 1.39 bits per heavy atom. The zero-order valence-electron chi connectivity index (χ0n) is 11.4. The first kappa shape index (κ1) is 15.1. The molecule has 100 valence electrons. The Balaban J connectivity index is 2.69. The third-order valence-corrected chi connectivity index (χ3v) is 3.24. The molecule has 0 aliphatic heterocycles. The summed E-state index contributed by atoms with van der Waals surface area (Å²) < 4.78 is 0. The molecule has 0 spiro atoms. The molecule has 1 aromatic rings. The molecule has 0 atom stereocenters. The molecule has 0 bridgehead atoms.